The lowest BCUT2D eigenvalue weighted by Crippen LogP contribution is -2.60. The molecule has 8 atom stereocenters. The minimum atomic E-state index is -1.67. The monoisotopic (exact) mass is 879 g/mol. The maximum Gasteiger partial charge on any atom is 0.407 e. The van der Waals surface area contributed by atoms with Crippen molar-refractivity contribution in [2.75, 3.05) is 52.6 Å². The molecule has 1 saturated heterocycles. The first-order valence-corrected chi connectivity index (χ1v) is 20.9. The van der Waals surface area contributed by atoms with Gasteiger partial charge in [0.25, 0.3) is 0 Å². The third kappa shape index (κ3) is 17.7. The van der Waals surface area contributed by atoms with E-state index in [-0.39, 0.29) is 51.7 Å². The van der Waals surface area contributed by atoms with Gasteiger partial charge in [-0.25, -0.2) is 9.59 Å². The number of carboxylic acid groups (broad SMARTS) is 2. The van der Waals surface area contributed by atoms with Crippen molar-refractivity contribution in [2.45, 2.75) is 109 Å². The lowest BCUT2D eigenvalue weighted by molar-refractivity contribution is -0.142. The van der Waals surface area contributed by atoms with Crippen molar-refractivity contribution >= 4 is 53.7 Å². The van der Waals surface area contributed by atoms with Crippen molar-refractivity contribution in [1.82, 2.24) is 36.8 Å². The minimum Gasteiger partial charge on any atom is -0.481 e. The molecule has 3 rings (SSSR count). The summed E-state index contributed by atoms with van der Waals surface area (Å²) in [5.74, 6) is 0.773. The molecule has 2 fully saturated rings. The van der Waals surface area contributed by atoms with Crippen LogP contribution in [0, 0.1) is 35.5 Å². The summed E-state index contributed by atoms with van der Waals surface area (Å²) < 4.78 is 16.0. The molecule has 0 aromatic carbocycles. The maximum atomic E-state index is 13.8. The summed E-state index contributed by atoms with van der Waals surface area (Å²) in [5.41, 5.74) is 0. The highest BCUT2D eigenvalue weighted by molar-refractivity contribution is 5.96. The van der Waals surface area contributed by atoms with E-state index in [0.29, 0.717) is 30.8 Å². The number of nitrogens with zero attached hydrogens (tertiary/aromatic N) is 1. The summed E-state index contributed by atoms with van der Waals surface area (Å²) in [5, 5.41) is 42.3. The SMILES string of the molecule is CC(C)CC(NC(=O)OCCOCCNC(=O)OC[C@@H]1[C@@H]2CCC#CCC[C@@H]21)C(=O)N1CCCC1C(=O)NC(CCC(=O)O)C(=O)NC(C(=O)NCC(=O)NCC(=O)O)C(C)O. The van der Waals surface area contributed by atoms with Crippen LogP contribution in [0.2, 0.25) is 0 Å². The van der Waals surface area contributed by atoms with Gasteiger partial charge in [0.15, 0.2) is 0 Å². The number of ether oxygens (including phenoxy) is 3. The zero-order valence-electron chi connectivity index (χ0n) is 35.4. The van der Waals surface area contributed by atoms with Gasteiger partial charge in [-0.3, -0.25) is 33.6 Å². The van der Waals surface area contributed by atoms with Crippen molar-refractivity contribution in [3.8, 4) is 11.8 Å². The molecule has 22 heteroatoms. The Kier molecular flexibility index (Phi) is 21.2. The second-order valence-corrected chi connectivity index (χ2v) is 15.8. The molecule has 5 unspecified atom stereocenters. The molecule has 0 aromatic rings. The third-order valence-corrected chi connectivity index (χ3v) is 10.6. The standard InChI is InChI=1S/C40H61N7O15/c1-23(2)19-29(45-40(59)61-18-17-60-16-14-41-39(58)62-22-27-25-9-6-4-5-7-10-26(25)27)38(57)47-15-8-11-30(47)36(55)44-28(12-13-32(50)51)35(54)46-34(24(3)48)37(56)43-20-31(49)42-21-33(52)53/h23-30,34,48H,6-22H2,1-3H3,(H,41,58)(H,42,49)(H,43,56)(H,44,55)(H,45,59)(H,46,54)(H,50,51)(H,52,53)/t24?,25-,26+,27-,28?,29?,30?,34?. The molecule has 0 radical (unpaired) electrons. The Morgan fingerprint density at radius 2 is 1.44 bits per heavy atom. The minimum absolute atomic E-state index is 0.000171. The van der Waals surface area contributed by atoms with Gasteiger partial charge in [0.05, 0.1) is 32.5 Å². The fourth-order valence-corrected chi connectivity index (χ4v) is 7.38. The van der Waals surface area contributed by atoms with E-state index in [9.17, 15) is 53.4 Å². The molecule has 22 nitrogen and oxygen atoms in total. The smallest absolute Gasteiger partial charge is 0.407 e. The van der Waals surface area contributed by atoms with E-state index in [0.717, 1.165) is 32.6 Å². The zero-order valence-corrected chi connectivity index (χ0v) is 35.4. The van der Waals surface area contributed by atoms with Gasteiger partial charge in [-0.05, 0) is 69.1 Å². The van der Waals surface area contributed by atoms with E-state index in [4.69, 9.17) is 19.3 Å². The first-order valence-electron chi connectivity index (χ1n) is 20.9. The maximum absolute atomic E-state index is 13.8. The fraction of sp³-hybridized carbons (Fsp3) is 0.725. The number of rotatable bonds is 25. The lowest BCUT2D eigenvalue weighted by atomic mass is 10.0. The lowest BCUT2D eigenvalue weighted by Gasteiger charge is -2.30. The van der Waals surface area contributed by atoms with Gasteiger partial charge >= 0.3 is 24.1 Å². The van der Waals surface area contributed by atoms with Crippen LogP contribution in [0.5, 0.6) is 0 Å². The molecule has 1 saturated carbocycles. The molecular weight excluding hydrogens is 818 g/mol. The van der Waals surface area contributed by atoms with E-state index in [1.165, 1.54) is 4.90 Å². The first-order chi connectivity index (χ1) is 29.5. The van der Waals surface area contributed by atoms with E-state index in [1.807, 2.05) is 19.2 Å². The molecule has 0 bridgehead atoms. The van der Waals surface area contributed by atoms with Crippen LogP contribution in [-0.4, -0.2) is 157 Å². The van der Waals surface area contributed by atoms with Gasteiger partial charge in [0.1, 0.15) is 37.3 Å². The average Bonchev–Trinajstić information content (AvgIpc) is 3.57. The van der Waals surface area contributed by atoms with Crippen LogP contribution in [0.3, 0.4) is 0 Å². The van der Waals surface area contributed by atoms with Gasteiger partial charge in [0.2, 0.25) is 29.5 Å². The number of hydrogen-bond donors (Lipinski definition) is 9. The van der Waals surface area contributed by atoms with E-state index >= 15 is 0 Å². The number of carbonyl (C=O) groups is 9. The number of hydrogen-bond acceptors (Lipinski definition) is 13. The number of nitrogens with one attached hydrogen (secondary N) is 6. The fourth-order valence-electron chi connectivity index (χ4n) is 7.38. The Balaban J connectivity index is 1.47. The molecule has 346 valence electrons. The highest BCUT2D eigenvalue weighted by atomic mass is 16.6. The second kappa shape index (κ2) is 25.9. The number of fused-ring (bicyclic) bond motifs is 1. The Labute approximate surface area is 359 Å². The summed E-state index contributed by atoms with van der Waals surface area (Å²) >= 11 is 0. The predicted octanol–water partition coefficient (Wildman–Crippen LogP) is -1.17. The number of amides is 7. The molecule has 2 aliphatic carbocycles. The number of aliphatic hydroxyl groups is 1. The Morgan fingerprint density at radius 1 is 0.742 bits per heavy atom. The normalized spacial score (nSPS) is 20.8. The van der Waals surface area contributed by atoms with E-state index in [1.54, 1.807) is 0 Å². The Morgan fingerprint density at radius 3 is 2.06 bits per heavy atom. The molecule has 0 spiro atoms. The summed E-state index contributed by atoms with van der Waals surface area (Å²) in [7, 11) is 0. The number of alkyl carbamates (subject to hydrolysis) is 2. The van der Waals surface area contributed by atoms with Crippen molar-refractivity contribution in [3.63, 3.8) is 0 Å². The molecule has 7 amide bonds. The van der Waals surface area contributed by atoms with Crippen molar-refractivity contribution < 1.29 is 72.7 Å². The molecule has 1 heterocycles. The number of aliphatic carboxylic acids is 2. The molecular formula is C40H61N7O15. The van der Waals surface area contributed by atoms with Crippen LogP contribution in [0.1, 0.15) is 78.6 Å². The summed E-state index contributed by atoms with van der Waals surface area (Å²) in [6, 6.07) is -5.43. The van der Waals surface area contributed by atoms with E-state index < -0.39 is 110 Å². The molecule has 62 heavy (non-hydrogen) atoms. The Hall–Kier alpha value is -5.69. The van der Waals surface area contributed by atoms with Crippen LogP contribution in [0.15, 0.2) is 0 Å². The number of carboxylic acids is 2. The summed E-state index contributed by atoms with van der Waals surface area (Å²) in [4.78, 5) is 114. The van der Waals surface area contributed by atoms with Gasteiger partial charge < -0.3 is 66.3 Å². The quantitative estimate of drug-likeness (QED) is 0.0386. The van der Waals surface area contributed by atoms with Gasteiger partial charge in [-0.15, -0.1) is 11.8 Å². The predicted molar refractivity (Wildman–Crippen MR) is 215 cm³/mol. The van der Waals surface area contributed by atoms with Crippen molar-refractivity contribution in [2.24, 2.45) is 23.7 Å². The number of aliphatic hydroxyl groups excluding tert-OH is 1. The third-order valence-electron chi connectivity index (χ3n) is 10.6. The highest BCUT2D eigenvalue weighted by Gasteiger charge is 2.49. The molecule has 9 N–H and O–H groups in total. The van der Waals surface area contributed by atoms with Gasteiger partial charge in [0, 0.05) is 32.4 Å². The zero-order chi connectivity index (χ0) is 45.8. The van der Waals surface area contributed by atoms with Gasteiger partial charge in [-0.1, -0.05) is 13.8 Å². The molecule has 1 aliphatic heterocycles. The van der Waals surface area contributed by atoms with Crippen LogP contribution < -0.4 is 31.9 Å². The van der Waals surface area contributed by atoms with Crippen LogP contribution in [-0.2, 0) is 47.8 Å². The first kappa shape index (κ1) is 50.7. The topological polar surface area (TPSA) is 317 Å². The Bertz CT molecular complexity index is 1650. The van der Waals surface area contributed by atoms with Crippen LogP contribution in [0.25, 0.3) is 0 Å². The van der Waals surface area contributed by atoms with Crippen LogP contribution in [0.4, 0.5) is 9.59 Å². The van der Waals surface area contributed by atoms with Crippen molar-refractivity contribution in [3.05, 3.63) is 0 Å². The number of likely N-dealkylation sites (tertiary alicyclic amines) is 1. The average molecular weight is 880 g/mol. The van der Waals surface area contributed by atoms with Crippen molar-refractivity contribution in [1.29, 1.82) is 0 Å². The summed E-state index contributed by atoms with van der Waals surface area (Å²) in [6.45, 7) is 4.06. The number of carbonyl (C=O) groups excluding carboxylic acids is 7. The second-order valence-electron chi connectivity index (χ2n) is 15.8. The summed E-state index contributed by atoms with van der Waals surface area (Å²) in [6.07, 6.45) is 0.572. The van der Waals surface area contributed by atoms with Crippen LogP contribution >= 0.6 is 0 Å². The largest absolute Gasteiger partial charge is 0.481 e. The highest BCUT2D eigenvalue weighted by Crippen LogP contribution is 2.52. The molecule has 3 aliphatic rings. The van der Waals surface area contributed by atoms with E-state index in [2.05, 4.69) is 38.4 Å². The van der Waals surface area contributed by atoms with Gasteiger partial charge in [-0.2, -0.15) is 0 Å². The molecule has 0 aromatic heterocycles.